The number of thiocarbonyl (C=S) groups is 1. The fourth-order valence-corrected chi connectivity index (χ4v) is 1.60. The molecule has 0 aromatic carbocycles. The number of pyridine rings is 1. The highest BCUT2D eigenvalue weighted by molar-refractivity contribution is 7.80. The van der Waals surface area contributed by atoms with Crippen molar-refractivity contribution < 1.29 is 13.2 Å². The third-order valence-electron chi connectivity index (χ3n) is 2.37. The first-order valence-corrected chi connectivity index (χ1v) is 5.17. The molecule has 2 N–H and O–H groups in total. The Hall–Kier alpha value is -1.37. The molecule has 1 heterocycles. The number of aryl methyl sites for hydroxylation is 1. The highest BCUT2D eigenvalue weighted by atomic mass is 32.1. The Kier molecular flexibility index (Phi) is 3.92. The second-order valence-electron chi connectivity index (χ2n) is 3.61. The number of rotatable bonds is 3. The van der Waals surface area contributed by atoms with Crippen LogP contribution in [0.2, 0.25) is 0 Å². The normalized spacial score (nSPS) is 13.4. The van der Waals surface area contributed by atoms with E-state index in [0.29, 0.717) is 5.69 Å². The molecule has 17 heavy (non-hydrogen) atoms. The summed E-state index contributed by atoms with van der Waals surface area (Å²) in [5.41, 5.74) is 5.00. The average Bonchev–Trinajstić information content (AvgIpc) is 2.14. The molecule has 0 spiro atoms. The minimum absolute atomic E-state index is 0.433. The van der Waals surface area contributed by atoms with Crippen LogP contribution in [0.15, 0.2) is 23.0 Å². The predicted octanol–water partition coefficient (Wildman–Crippen LogP) is 1.62. The van der Waals surface area contributed by atoms with Crippen molar-refractivity contribution in [2.24, 2.45) is 11.7 Å². The summed E-state index contributed by atoms with van der Waals surface area (Å²) in [5.74, 6) is -1.99. The molecule has 0 aliphatic rings. The van der Waals surface area contributed by atoms with Crippen molar-refractivity contribution in [1.29, 1.82) is 0 Å². The van der Waals surface area contributed by atoms with Crippen LogP contribution in [0.3, 0.4) is 0 Å². The molecular formula is C10H11F3N2OS. The highest BCUT2D eigenvalue weighted by Crippen LogP contribution is 2.27. The molecule has 7 heteroatoms. The lowest BCUT2D eigenvalue weighted by Gasteiger charge is -2.21. The van der Waals surface area contributed by atoms with Gasteiger partial charge in [0.1, 0.15) is 5.92 Å². The Morgan fingerprint density at radius 2 is 2.12 bits per heavy atom. The molecule has 0 bridgehead atoms. The van der Waals surface area contributed by atoms with Crippen LogP contribution in [0, 0.1) is 12.8 Å². The van der Waals surface area contributed by atoms with E-state index in [0.717, 1.165) is 4.57 Å². The number of hydrogen-bond donors (Lipinski definition) is 1. The van der Waals surface area contributed by atoms with Crippen molar-refractivity contribution in [1.82, 2.24) is 4.57 Å². The summed E-state index contributed by atoms with van der Waals surface area (Å²) in [4.78, 5) is 10.8. The maximum atomic E-state index is 12.6. The third kappa shape index (κ3) is 3.29. The van der Waals surface area contributed by atoms with Crippen LogP contribution in [-0.2, 0) is 6.54 Å². The van der Waals surface area contributed by atoms with Gasteiger partial charge in [-0.2, -0.15) is 13.2 Å². The van der Waals surface area contributed by atoms with Gasteiger partial charge in [0, 0.05) is 18.3 Å². The van der Waals surface area contributed by atoms with Gasteiger partial charge in [-0.15, -0.1) is 0 Å². The molecule has 1 rings (SSSR count). The van der Waals surface area contributed by atoms with Gasteiger partial charge < -0.3 is 10.3 Å². The van der Waals surface area contributed by atoms with E-state index in [9.17, 15) is 18.0 Å². The van der Waals surface area contributed by atoms with E-state index >= 15 is 0 Å². The van der Waals surface area contributed by atoms with Crippen molar-refractivity contribution >= 4 is 17.2 Å². The number of alkyl halides is 3. The van der Waals surface area contributed by atoms with Crippen LogP contribution in [-0.4, -0.2) is 15.7 Å². The van der Waals surface area contributed by atoms with Gasteiger partial charge in [-0.3, -0.25) is 4.79 Å². The summed E-state index contributed by atoms with van der Waals surface area (Å²) in [5, 5.41) is 0. The lowest BCUT2D eigenvalue weighted by Crippen LogP contribution is -2.40. The second-order valence-corrected chi connectivity index (χ2v) is 4.08. The molecule has 94 valence electrons. The van der Waals surface area contributed by atoms with Gasteiger partial charge in [0.15, 0.2) is 0 Å². The zero-order chi connectivity index (χ0) is 13.2. The van der Waals surface area contributed by atoms with E-state index in [1.54, 1.807) is 13.0 Å². The largest absolute Gasteiger partial charge is 0.399 e. The Morgan fingerprint density at radius 3 is 2.53 bits per heavy atom. The predicted molar refractivity (Wildman–Crippen MR) is 61.8 cm³/mol. The fraction of sp³-hybridized carbons (Fsp3) is 0.400. The zero-order valence-corrected chi connectivity index (χ0v) is 9.81. The number of halogens is 3. The zero-order valence-electron chi connectivity index (χ0n) is 8.99. The van der Waals surface area contributed by atoms with Crippen LogP contribution in [0.1, 0.15) is 5.69 Å². The van der Waals surface area contributed by atoms with E-state index < -0.39 is 29.2 Å². The monoisotopic (exact) mass is 264 g/mol. The van der Waals surface area contributed by atoms with Gasteiger partial charge >= 0.3 is 6.18 Å². The van der Waals surface area contributed by atoms with Crippen LogP contribution in [0.25, 0.3) is 0 Å². The minimum atomic E-state index is -4.55. The molecule has 0 saturated heterocycles. The maximum absolute atomic E-state index is 12.6. The van der Waals surface area contributed by atoms with Crippen LogP contribution < -0.4 is 11.3 Å². The summed E-state index contributed by atoms with van der Waals surface area (Å²) in [6, 6.07) is 4.23. The topological polar surface area (TPSA) is 48.0 Å². The van der Waals surface area contributed by atoms with E-state index in [2.05, 4.69) is 12.2 Å². The van der Waals surface area contributed by atoms with Gasteiger partial charge in [-0.1, -0.05) is 18.3 Å². The van der Waals surface area contributed by atoms with E-state index in [4.69, 9.17) is 5.73 Å². The van der Waals surface area contributed by atoms with Crippen molar-refractivity contribution in [3.05, 3.63) is 34.2 Å². The van der Waals surface area contributed by atoms with Gasteiger partial charge in [-0.25, -0.2) is 0 Å². The van der Waals surface area contributed by atoms with Crippen molar-refractivity contribution in [2.45, 2.75) is 19.6 Å². The molecule has 1 aromatic rings. The molecule has 1 aromatic heterocycles. The SMILES string of the molecule is Cc1cccc(=O)n1CC(C(N)=S)C(F)(F)F. The van der Waals surface area contributed by atoms with E-state index in [1.165, 1.54) is 12.1 Å². The fourth-order valence-electron chi connectivity index (χ4n) is 1.39. The Labute approximate surface area is 101 Å². The third-order valence-corrected chi connectivity index (χ3v) is 2.66. The molecule has 0 fully saturated rings. The first kappa shape index (κ1) is 13.7. The molecule has 0 amide bonds. The molecular weight excluding hydrogens is 253 g/mol. The van der Waals surface area contributed by atoms with Gasteiger partial charge in [-0.05, 0) is 13.0 Å². The summed E-state index contributed by atoms with van der Waals surface area (Å²) in [6.45, 7) is 0.971. The van der Waals surface area contributed by atoms with Crippen LogP contribution in [0.4, 0.5) is 13.2 Å². The number of nitrogens with zero attached hydrogens (tertiary/aromatic N) is 1. The number of nitrogens with two attached hydrogens (primary N) is 1. The van der Waals surface area contributed by atoms with Crippen LogP contribution in [0.5, 0.6) is 0 Å². The smallest absolute Gasteiger partial charge is 0.393 e. The van der Waals surface area contributed by atoms with Crippen molar-refractivity contribution in [2.75, 3.05) is 0 Å². The molecule has 1 unspecified atom stereocenters. The number of hydrogen-bond acceptors (Lipinski definition) is 2. The summed E-state index contributed by atoms with van der Waals surface area (Å²) in [6.07, 6.45) is -4.55. The van der Waals surface area contributed by atoms with Crippen molar-refractivity contribution in [3.63, 3.8) is 0 Å². The first-order chi connectivity index (χ1) is 7.73. The molecule has 0 aliphatic heterocycles. The first-order valence-electron chi connectivity index (χ1n) is 4.76. The second kappa shape index (κ2) is 4.87. The Balaban J connectivity index is 3.11. The minimum Gasteiger partial charge on any atom is -0.393 e. The summed E-state index contributed by atoms with van der Waals surface area (Å²) < 4.78 is 38.9. The van der Waals surface area contributed by atoms with Crippen LogP contribution >= 0.6 is 12.2 Å². The van der Waals surface area contributed by atoms with E-state index in [-0.39, 0.29) is 0 Å². The Bertz CT molecular complexity index is 481. The molecule has 1 atom stereocenters. The highest BCUT2D eigenvalue weighted by Gasteiger charge is 2.42. The molecule has 3 nitrogen and oxygen atoms in total. The van der Waals surface area contributed by atoms with Gasteiger partial charge in [0.05, 0.1) is 4.99 Å². The maximum Gasteiger partial charge on any atom is 0.399 e. The van der Waals surface area contributed by atoms with Gasteiger partial charge in [0.25, 0.3) is 5.56 Å². The lowest BCUT2D eigenvalue weighted by atomic mass is 10.1. The summed E-state index contributed by atoms with van der Waals surface area (Å²) in [7, 11) is 0. The molecule has 0 saturated carbocycles. The van der Waals surface area contributed by atoms with E-state index in [1.807, 2.05) is 0 Å². The van der Waals surface area contributed by atoms with Crippen molar-refractivity contribution in [3.8, 4) is 0 Å². The Morgan fingerprint density at radius 1 is 1.53 bits per heavy atom. The quantitative estimate of drug-likeness (QED) is 0.844. The molecule has 0 aliphatic carbocycles. The van der Waals surface area contributed by atoms with Gasteiger partial charge in [0.2, 0.25) is 0 Å². The lowest BCUT2D eigenvalue weighted by molar-refractivity contribution is -0.158. The average molecular weight is 264 g/mol. The molecule has 0 radical (unpaired) electrons. The summed E-state index contributed by atoms with van der Waals surface area (Å²) >= 11 is 4.39. The number of aromatic nitrogens is 1. The standard InChI is InChI=1S/C10H11F3N2OS/c1-6-3-2-4-8(16)15(6)5-7(9(14)17)10(11,12)13/h2-4,7H,5H2,1H3,(H2,14,17).